The number of amides is 2. The molecule has 3 saturated heterocycles. The fourth-order valence-electron chi connectivity index (χ4n) is 4.23. The summed E-state index contributed by atoms with van der Waals surface area (Å²) in [7, 11) is 0. The normalized spacial score (nSPS) is 29.0. The van der Waals surface area contributed by atoms with Gasteiger partial charge in [-0.05, 0) is 64.3 Å². The Morgan fingerprint density at radius 1 is 1.21 bits per heavy atom. The second-order valence-corrected chi connectivity index (χ2v) is 8.15. The minimum Gasteiger partial charge on any atom is -0.376 e. The third-order valence-corrected chi connectivity index (χ3v) is 5.93. The predicted octanol–water partition coefficient (Wildman–Crippen LogP) is 1.49. The summed E-state index contributed by atoms with van der Waals surface area (Å²) in [6.07, 6.45) is 7.00. The van der Waals surface area contributed by atoms with Crippen LogP contribution in [0.25, 0.3) is 0 Å². The lowest BCUT2D eigenvalue weighted by Gasteiger charge is -2.34. The minimum atomic E-state index is -0.438. The number of halogens is 1. The highest BCUT2D eigenvalue weighted by atomic mass is 35.5. The molecule has 0 aromatic carbocycles. The molecule has 2 amide bonds. The maximum absolute atomic E-state index is 12.7. The molecule has 3 heterocycles. The van der Waals surface area contributed by atoms with Gasteiger partial charge in [0, 0.05) is 26.2 Å². The summed E-state index contributed by atoms with van der Waals surface area (Å²) in [5.74, 6) is 0.473. The van der Waals surface area contributed by atoms with Gasteiger partial charge >= 0.3 is 0 Å². The summed E-state index contributed by atoms with van der Waals surface area (Å²) < 4.78 is 11.5. The highest BCUT2D eigenvalue weighted by Crippen LogP contribution is 2.18. The summed E-state index contributed by atoms with van der Waals surface area (Å²) >= 11 is 0. The van der Waals surface area contributed by atoms with Crippen LogP contribution in [0.5, 0.6) is 0 Å². The van der Waals surface area contributed by atoms with Crippen LogP contribution in [0.2, 0.25) is 0 Å². The zero-order chi connectivity index (χ0) is 19.1. The van der Waals surface area contributed by atoms with E-state index in [4.69, 9.17) is 9.47 Å². The number of likely N-dealkylation sites (tertiary alicyclic amines) is 1. The van der Waals surface area contributed by atoms with Gasteiger partial charge in [0.1, 0.15) is 6.10 Å². The van der Waals surface area contributed by atoms with Crippen LogP contribution < -0.4 is 10.6 Å². The van der Waals surface area contributed by atoms with Crippen molar-refractivity contribution in [2.75, 3.05) is 39.4 Å². The largest absolute Gasteiger partial charge is 0.376 e. The predicted molar refractivity (Wildman–Crippen MR) is 110 cm³/mol. The second-order valence-electron chi connectivity index (χ2n) is 8.15. The molecule has 4 atom stereocenters. The van der Waals surface area contributed by atoms with Crippen molar-refractivity contribution >= 4 is 24.2 Å². The summed E-state index contributed by atoms with van der Waals surface area (Å²) in [6, 6.07) is -0.0400. The van der Waals surface area contributed by atoms with Gasteiger partial charge in [0.05, 0.1) is 18.8 Å². The van der Waals surface area contributed by atoms with Gasteiger partial charge < -0.3 is 25.0 Å². The minimum absolute atomic E-state index is 0. The number of hydrogen-bond donors (Lipinski definition) is 2. The number of nitrogens with one attached hydrogen (secondary N) is 2. The third-order valence-electron chi connectivity index (χ3n) is 5.93. The van der Waals surface area contributed by atoms with E-state index in [9.17, 15) is 9.59 Å². The molecular weight excluding hydrogens is 382 g/mol. The lowest BCUT2D eigenvalue weighted by atomic mass is 9.97. The molecule has 0 aromatic heterocycles. The number of hydrogen-bond acceptors (Lipinski definition) is 5. The Morgan fingerprint density at radius 3 is 2.79 bits per heavy atom. The molecule has 3 aliphatic heterocycles. The van der Waals surface area contributed by atoms with Crippen molar-refractivity contribution in [1.29, 1.82) is 0 Å². The standard InChI is InChI=1S/C20H35N3O4.ClH/c1-15(27-14-17-7-2-3-11-26-17)20(25)23-10-5-6-16(13-23)12-22-19(24)18-8-4-9-21-18;/h15-18,21H,2-14H2,1H3,(H,22,24);1H. The molecule has 2 N–H and O–H groups in total. The van der Waals surface area contributed by atoms with E-state index < -0.39 is 6.10 Å². The van der Waals surface area contributed by atoms with E-state index in [0.717, 1.165) is 58.2 Å². The molecule has 3 fully saturated rings. The average molecular weight is 418 g/mol. The molecule has 0 saturated carbocycles. The third kappa shape index (κ3) is 6.87. The molecule has 4 unspecified atom stereocenters. The van der Waals surface area contributed by atoms with Crippen molar-refractivity contribution in [3.05, 3.63) is 0 Å². The van der Waals surface area contributed by atoms with Gasteiger partial charge in [-0.1, -0.05) is 0 Å². The Kier molecular flexibility index (Phi) is 9.99. The van der Waals surface area contributed by atoms with Crippen LogP contribution in [0.1, 0.15) is 51.9 Å². The molecule has 0 aromatic rings. The molecule has 0 bridgehead atoms. The van der Waals surface area contributed by atoms with E-state index in [0.29, 0.717) is 25.6 Å². The van der Waals surface area contributed by atoms with E-state index in [1.54, 1.807) is 0 Å². The quantitative estimate of drug-likeness (QED) is 0.656. The first-order valence-corrected chi connectivity index (χ1v) is 10.7. The Labute approximate surface area is 174 Å². The van der Waals surface area contributed by atoms with Crippen molar-refractivity contribution in [1.82, 2.24) is 15.5 Å². The van der Waals surface area contributed by atoms with Gasteiger partial charge in [-0.3, -0.25) is 9.59 Å². The van der Waals surface area contributed by atoms with Gasteiger partial charge in [-0.25, -0.2) is 0 Å². The fraction of sp³-hybridized carbons (Fsp3) is 0.900. The molecular formula is C20H36ClN3O4. The van der Waals surface area contributed by atoms with Gasteiger partial charge in [0.25, 0.3) is 5.91 Å². The summed E-state index contributed by atoms with van der Waals surface area (Å²) in [5.41, 5.74) is 0. The lowest BCUT2D eigenvalue weighted by molar-refractivity contribution is -0.147. The van der Waals surface area contributed by atoms with Crippen molar-refractivity contribution < 1.29 is 19.1 Å². The Hall–Kier alpha value is -0.890. The van der Waals surface area contributed by atoms with Crippen molar-refractivity contribution in [3.63, 3.8) is 0 Å². The zero-order valence-electron chi connectivity index (χ0n) is 17.0. The zero-order valence-corrected chi connectivity index (χ0v) is 17.8. The second kappa shape index (κ2) is 12.0. The van der Waals surface area contributed by atoms with E-state index in [2.05, 4.69) is 10.6 Å². The molecule has 0 radical (unpaired) electrons. The van der Waals surface area contributed by atoms with Crippen LogP contribution in [0.3, 0.4) is 0 Å². The Bertz CT molecular complexity index is 496. The molecule has 7 nitrogen and oxygen atoms in total. The molecule has 3 aliphatic rings. The Morgan fingerprint density at radius 2 is 2.07 bits per heavy atom. The molecule has 28 heavy (non-hydrogen) atoms. The maximum atomic E-state index is 12.7. The number of ether oxygens (including phenoxy) is 2. The van der Waals surface area contributed by atoms with E-state index >= 15 is 0 Å². The SMILES string of the molecule is CC(OCC1CCCCO1)C(=O)N1CCCC(CNC(=O)C2CCCN2)C1.Cl. The van der Waals surface area contributed by atoms with Crippen molar-refractivity contribution in [3.8, 4) is 0 Å². The van der Waals surface area contributed by atoms with Crippen LogP contribution in [0, 0.1) is 5.92 Å². The lowest BCUT2D eigenvalue weighted by Crippen LogP contribution is -2.49. The van der Waals surface area contributed by atoms with Gasteiger partial charge in [-0.2, -0.15) is 0 Å². The van der Waals surface area contributed by atoms with Crippen LogP contribution in [0.4, 0.5) is 0 Å². The van der Waals surface area contributed by atoms with Crippen LogP contribution in [0.15, 0.2) is 0 Å². The number of carbonyl (C=O) groups is 2. The van der Waals surface area contributed by atoms with E-state index in [1.165, 1.54) is 6.42 Å². The number of carbonyl (C=O) groups excluding carboxylic acids is 2. The van der Waals surface area contributed by atoms with Crippen LogP contribution >= 0.6 is 12.4 Å². The van der Waals surface area contributed by atoms with E-state index in [-0.39, 0.29) is 36.4 Å². The van der Waals surface area contributed by atoms with Crippen LogP contribution in [-0.2, 0) is 19.1 Å². The number of rotatable bonds is 7. The maximum Gasteiger partial charge on any atom is 0.251 e. The molecule has 8 heteroatoms. The van der Waals surface area contributed by atoms with Crippen molar-refractivity contribution in [2.24, 2.45) is 5.92 Å². The summed E-state index contributed by atoms with van der Waals surface area (Å²) in [6.45, 7) is 6.18. The Balaban J connectivity index is 0.00000280. The molecule has 0 spiro atoms. The first-order valence-electron chi connectivity index (χ1n) is 10.7. The van der Waals surface area contributed by atoms with Gasteiger partial charge in [0.2, 0.25) is 5.91 Å². The van der Waals surface area contributed by atoms with Gasteiger partial charge in [-0.15, -0.1) is 12.4 Å². The monoisotopic (exact) mass is 417 g/mol. The van der Waals surface area contributed by atoms with Crippen LogP contribution in [-0.4, -0.2) is 74.4 Å². The molecule has 0 aliphatic carbocycles. The summed E-state index contributed by atoms with van der Waals surface area (Å²) in [4.78, 5) is 26.8. The van der Waals surface area contributed by atoms with Gasteiger partial charge in [0.15, 0.2) is 0 Å². The highest BCUT2D eigenvalue weighted by Gasteiger charge is 2.29. The molecule has 3 rings (SSSR count). The van der Waals surface area contributed by atoms with E-state index in [1.807, 2.05) is 11.8 Å². The first-order chi connectivity index (χ1) is 13.1. The highest BCUT2D eigenvalue weighted by molar-refractivity contribution is 5.85. The average Bonchev–Trinajstić information content (AvgIpc) is 3.25. The molecule has 162 valence electrons. The smallest absolute Gasteiger partial charge is 0.251 e. The fourth-order valence-corrected chi connectivity index (χ4v) is 4.23. The number of piperidine rings is 1. The topological polar surface area (TPSA) is 79.9 Å². The number of nitrogens with zero attached hydrogens (tertiary/aromatic N) is 1. The van der Waals surface area contributed by atoms with Crippen molar-refractivity contribution in [2.45, 2.75) is 70.1 Å². The summed E-state index contributed by atoms with van der Waals surface area (Å²) in [5, 5.41) is 6.29. The first kappa shape index (κ1) is 23.4.